The van der Waals surface area contributed by atoms with E-state index in [0.29, 0.717) is 22.8 Å². The highest BCUT2D eigenvalue weighted by Gasteiger charge is 2.24. The van der Waals surface area contributed by atoms with E-state index in [2.05, 4.69) is 18.8 Å². The van der Waals surface area contributed by atoms with Crippen LogP contribution in [0, 0.1) is 19.7 Å². The van der Waals surface area contributed by atoms with Gasteiger partial charge in [-0.15, -0.1) is 0 Å². The second-order valence-corrected chi connectivity index (χ2v) is 8.07. The van der Waals surface area contributed by atoms with Gasteiger partial charge in [0.25, 0.3) is 5.91 Å². The molecule has 0 radical (unpaired) electrons. The lowest BCUT2D eigenvalue weighted by molar-refractivity contribution is -0.894. The molecule has 4 nitrogen and oxygen atoms in total. The summed E-state index contributed by atoms with van der Waals surface area (Å²) in [6.45, 7) is 11.6. The van der Waals surface area contributed by atoms with Crippen LogP contribution in [0.15, 0.2) is 36.4 Å². The molecule has 0 unspecified atom stereocenters. The van der Waals surface area contributed by atoms with Crippen molar-refractivity contribution in [1.29, 1.82) is 0 Å². The summed E-state index contributed by atoms with van der Waals surface area (Å²) in [5.41, 5.74) is 3.06. The number of benzene rings is 2. The first kappa shape index (κ1) is 20.4. The number of para-hydroxylation sites is 1. The quantitative estimate of drug-likeness (QED) is 0.658. The predicted molar refractivity (Wildman–Crippen MR) is 114 cm³/mol. The van der Waals surface area contributed by atoms with E-state index in [1.807, 2.05) is 38.1 Å². The molecule has 0 saturated carbocycles. The van der Waals surface area contributed by atoms with Crippen molar-refractivity contribution >= 4 is 32.6 Å². The van der Waals surface area contributed by atoms with Gasteiger partial charge in [-0.2, -0.15) is 0 Å². The van der Waals surface area contributed by atoms with Crippen LogP contribution in [0.2, 0.25) is 0 Å². The molecule has 0 fully saturated rings. The van der Waals surface area contributed by atoms with Crippen molar-refractivity contribution in [1.82, 2.24) is 4.98 Å². The molecule has 0 saturated heterocycles. The monoisotopic (exact) mass is 400 g/mol. The van der Waals surface area contributed by atoms with Crippen LogP contribution in [0.25, 0.3) is 10.2 Å². The molecular weight excluding hydrogens is 373 g/mol. The summed E-state index contributed by atoms with van der Waals surface area (Å²) < 4.78 is 14.9. The average Bonchev–Trinajstić information content (AvgIpc) is 3.10. The summed E-state index contributed by atoms with van der Waals surface area (Å²) >= 11 is 1.36. The third-order valence-electron chi connectivity index (χ3n) is 5.14. The summed E-state index contributed by atoms with van der Waals surface area (Å²) in [5, 5.41) is 0.552. The molecule has 28 heavy (non-hydrogen) atoms. The minimum absolute atomic E-state index is 0.0801. The second kappa shape index (κ2) is 8.80. The number of carbonyl (C=O) groups is 1. The van der Waals surface area contributed by atoms with Crippen LogP contribution < -0.4 is 9.80 Å². The summed E-state index contributed by atoms with van der Waals surface area (Å²) in [5.74, 6) is -0.434. The van der Waals surface area contributed by atoms with Crippen molar-refractivity contribution in [2.75, 3.05) is 31.1 Å². The zero-order chi connectivity index (χ0) is 20.3. The molecule has 0 atom stereocenters. The molecule has 0 aliphatic carbocycles. The van der Waals surface area contributed by atoms with E-state index in [4.69, 9.17) is 0 Å². The lowest BCUT2D eigenvalue weighted by atomic mass is 10.0. The molecule has 0 spiro atoms. The topological polar surface area (TPSA) is 37.6 Å². The van der Waals surface area contributed by atoms with E-state index in [1.165, 1.54) is 22.3 Å². The number of thiazole rings is 1. The third-order valence-corrected chi connectivity index (χ3v) is 6.18. The number of quaternary nitrogens is 1. The maximum absolute atomic E-state index is 14.2. The number of amides is 1. The number of aromatic nitrogens is 1. The van der Waals surface area contributed by atoms with Crippen LogP contribution in [-0.2, 0) is 0 Å². The zero-order valence-electron chi connectivity index (χ0n) is 16.9. The first-order chi connectivity index (χ1) is 13.4. The van der Waals surface area contributed by atoms with Crippen LogP contribution in [-0.4, -0.2) is 37.1 Å². The number of nitrogens with one attached hydrogen (secondary N) is 1. The Bertz CT molecular complexity index is 981. The van der Waals surface area contributed by atoms with E-state index >= 15 is 0 Å². The van der Waals surface area contributed by atoms with E-state index in [9.17, 15) is 9.18 Å². The smallest absolute Gasteiger partial charge is 0.260 e. The van der Waals surface area contributed by atoms with E-state index in [1.54, 1.807) is 11.0 Å². The van der Waals surface area contributed by atoms with Crippen molar-refractivity contribution in [2.24, 2.45) is 0 Å². The van der Waals surface area contributed by atoms with Crippen molar-refractivity contribution < 1.29 is 14.1 Å². The number of carbonyl (C=O) groups excluding carboxylic acids is 1. The molecule has 1 N–H and O–H groups in total. The Labute approximate surface area is 169 Å². The standard InChI is InChI=1S/C22H26FN3OS/c1-5-25(6-2)12-13-26(21(27)17-11-10-15(3)14-16(17)4)22-24-20-18(23)8-7-9-19(20)28-22/h7-11,14H,5-6,12-13H2,1-4H3/p+1. The Balaban J connectivity index is 2.00. The van der Waals surface area contributed by atoms with Crippen LogP contribution in [0.5, 0.6) is 0 Å². The summed E-state index contributed by atoms with van der Waals surface area (Å²) in [6, 6.07) is 10.8. The molecule has 0 aliphatic rings. The molecule has 6 heteroatoms. The van der Waals surface area contributed by atoms with Crippen LogP contribution in [0.4, 0.5) is 9.52 Å². The highest BCUT2D eigenvalue weighted by molar-refractivity contribution is 7.22. The SMILES string of the molecule is CC[NH+](CC)CCN(C(=O)c1ccc(C)cc1C)c1nc2c(F)cccc2s1. The molecule has 0 bridgehead atoms. The van der Waals surface area contributed by atoms with Crippen molar-refractivity contribution in [2.45, 2.75) is 27.7 Å². The first-order valence-corrected chi connectivity index (χ1v) is 10.5. The summed E-state index contributed by atoms with van der Waals surface area (Å²) in [4.78, 5) is 21.0. The maximum Gasteiger partial charge on any atom is 0.260 e. The molecule has 148 valence electrons. The predicted octanol–water partition coefficient (Wildman–Crippen LogP) is 3.62. The van der Waals surface area contributed by atoms with Gasteiger partial charge in [-0.3, -0.25) is 9.69 Å². The van der Waals surface area contributed by atoms with Gasteiger partial charge in [-0.05, 0) is 51.5 Å². The van der Waals surface area contributed by atoms with E-state index in [-0.39, 0.29) is 11.7 Å². The molecule has 0 aliphatic heterocycles. The first-order valence-electron chi connectivity index (χ1n) is 9.72. The van der Waals surface area contributed by atoms with Crippen molar-refractivity contribution in [3.05, 3.63) is 58.9 Å². The van der Waals surface area contributed by atoms with Gasteiger partial charge in [0.2, 0.25) is 0 Å². The Hall–Kier alpha value is -2.31. The Morgan fingerprint density at radius 3 is 2.57 bits per heavy atom. The largest absolute Gasteiger partial charge is 0.334 e. The second-order valence-electron chi connectivity index (χ2n) is 7.07. The Morgan fingerprint density at radius 1 is 1.18 bits per heavy atom. The van der Waals surface area contributed by atoms with Gasteiger partial charge in [0.05, 0.1) is 30.9 Å². The maximum atomic E-state index is 14.2. The van der Waals surface area contributed by atoms with Gasteiger partial charge in [0.1, 0.15) is 11.3 Å². The fourth-order valence-corrected chi connectivity index (χ4v) is 4.38. The van der Waals surface area contributed by atoms with Gasteiger partial charge in [0.15, 0.2) is 5.13 Å². The number of fused-ring (bicyclic) bond motifs is 1. The molecule has 3 rings (SSSR count). The number of anilines is 1. The molecule has 1 aromatic heterocycles. The number of halogens is 1. The lowest BCUT2D eigenvalue weighted by Crippen LogP contribution is -3.12. The van der Waals surface area contributed by atoms with Crippen LogP contribution in [0.1, 0.15) is 35.3 Å². The lowest BCUT2D eigenvalue weighted by Gasteiger charge is -2.23. The number of rotatable bonds is 7. The Morgan fingerprint density at radius 2 is 1.93 bits per heavy atom. The highest BCUT2D eigenvalue weighted by Crippen LogP contribution is 2.31. The van der Waals surface area contributed by atoms with Crippen molar-refractivity contribution in [3.63, 3.8) is 0 Å². The minimum Gasteiger partial charge on any atom is -0.334 e. The van der Waals surface area contributed by atoms with Crippen molar-refractivity contribution in [3.8, 4) is 0 Å². The average molecular weight is 401 g/mol. The van der Waals surface area contributed by atoms with Crippen LogP contribution in [0.3, 0.4) is 0 Å². The van der Waals surface area contributed by atoms with Crippen LogP contribution >= 0.6 is 11.3 Å². The third kappa shape index (κ3) is 4.23. The minimum atomic E-state index is -0.353. The Kier molecular flexibility index (Phi) is 6.42. The zero-order valence-corrected chi connectivity index (χ0v) is 17.7. The fraction of sp³-hybridized carbons (Fsp3) is 0.364. The van der Waals surface area contributed by atoms with Gasteiger partial charge < -0.3 is 4.90 Å². The highest BCUT2D eigenvalue weighted by atomic mass is 32.1. The van der Waals surface area contributed by atoms with Gasteiger partial charge in [-0.1, -0.05) is 35.1 Å². The fourth-order valence-electron chi connectivity index (χ4n) is 3.38. The molecule has 2 aromatic carbocycles. The number of hydrogen-bond acceptors (Lipinski definition) is 3. The van der Waals surface area contributed by atoms with Gasteiger partial charge >= 0.3 is 0 Å². The van der Waals surface area contributed by atoms with Gasteiger partial charge in [-0.25, -0.2) is 9.37 Å². The van der Waals surface area contributed by atoms with E-state index < -0.39 is 0 Å². The molecule has 1 heterocycles. The molecule has 1 amide bonds. The molecule has 3 aromatic rings. The number of likely N-dealkylation sites (N-methyl/N-ethyl adjacent to an activating group) is 1. The summed E-state index contributed by atoms with van der Waals surface area (Å²) in [6.07, 6.45) is 0. The van der Waals surface area contributed by atoms with Gasteiger partial charge in [0, 0.05) is 5.56 Å². The number of aryl methyl sites for hydroxylation is 2. The van der Waals surface area contributed by atoms with E-state index in [0.717, 1.165) is 35.5 Å². The molecular formula is C22H27FN3OS+. The summed E-state index contributed by atoms with van der Waals surface area (Å²) in [7, 11) is 0. The number of hydrogen-bond donors (Lipinski definition) is 1. The normalized spacial score (nSPS) is 11.4. The number of nitrogens with zero attached hydrogens (tertiary/aromatic N) is 2.